The van der Waals surface area contributed by atoms with E-state index in [9.17, 15) is 14.4 Å². The van der Waals surface area contributed by atoms with Gasteiger partial charge in [0.2, 0.25) is 17.7 Å². The lowest BCUT2D eigenvalue weighted by molar-refractivity contribution is -0.167. The van der Waals surface area contributed by atoms with Crippen molar-refractivity contribution in [2.45, 2.75) is 40.0 Å². The molecule has 0 aromatic heterocycles. The molecule has 0 spiro atoms. The Labute approximate surface area is 165 Å². The number of likely N-dealkylation sites (tertiary alicyclic amines) is 1. The fraction of sp³-hybridized carbons (Fsp3) is 0.571. The van der Waals surface area contributed by atoms with Crippen LogP contribution in [0.2, 0.25) is 0 Å². The zero-order valence-electron chi connectivity index (χ0n) is 17.1. The monoisotopic (exact) mass is 388 g/mol. The molecule has 7 heteroatoms. The van der Waals surface area contributed by atoms with Crippen LogP contribution in [0.15, 0.2) is 18.2 Å². The third-order valence-electron chi connectivity index (χ3n) is 6.75. The number of nitrogens with one attached hydrogen (secondary N) is 1. The van der Waals surface area contributed by atoms with E-state index in [1.54, 1.807) is 25.3 Å². The third kappa shape index (κ3) is 3.02. The Morgan fingerprint density at radius 1 is 1.21 bits per heavy atom. The van der Waals surface area contributed by atoms with Crippen LogP contribution in [0, 0.1) is 16.7 Å². The van der Waals surface area contributed by atoms with Gasteiger partial charge in [0.05, 0.1) is 25.3 Å². The van der Waals surface area contributed by atoms with Gasteiger partial charge in [-0.15, -0.1) is 0 Å². The number of carbonyl (C=O) groups excluding carboxylic acids is 3. The molecule has 3 rings (SSSR count). The first kappa shape index (κ1) is 20.2. The van der Waals surface area contributed by atoms with Crippen LogP contribution in [0.5, 0.6) is 11.5 Å². The SMILES string of the molecule is COc1ccc(NC(=O)CCN2C(=O)C3CCC(C)(C2=O)C3(C)C)c(OC)c1. The highest BCUT2D eigenvalue weighted by molar-refractivity contribution is 6.04. The van der Waals surface area contributed by atoms with Gasteiger partial charge in [-0.3, -0.25) is 19.3 Å². The molecule has 0 radical (unpaired) electrons. The highest BCUT2D eigenvalue weighted by atomic mass is 16.5. The van der Waals surface area contributed by atoms with Crippen molar-refractivity contribution in [3.05, 3.63) is 18.2 Å². The molecule has 1 heterocycles. The first-order valence-electron chi connectivity index (χ1n) is 9.53. The fourth-order valence-electron chi connectivity index (χ4n) is 4.44. The summed E-state index contributed by atoms with van der Waals surface area (Å²) in [6.45, 7) is 6.03. The van der Waals surface area contributed by atoms with Crippen LogP contribution < -0.4 is 14.8 Å². The van der Waals surface area contributed by atoms with E-state index in [2.05, 4.69) is 5.32 Å². The van der Waals surface area contributed by atoms with Gasteiger partial charge in [0.15, 0.2) is 0 Å². The number of nitrogens with zero attached hydrogens (tertiary/aromatic N) is 1. The van der Waals surface area contributed by atoms with Gasteiger partial charge < -0.3 is 14.8 Å². The molecule has 7 nitrogen and oxygen atoms in total. The standard InChI is InChI=1S/C21H28N2O5/c1-20(2)14-8-10-21(20,3)19(26)23(18(14)25)11-9-17(24)22-15-7-6-13(27-4)12-16(15)28-5/h6-7,12,14H,8-11H2,1-5H3,(H,22,24). The normalized spacial score (nSPS) is 25.6. The molecule has 152 valence electrons. The molecule has 1 aromatic rings. The number of amides is 3. The number of methoxy groups -OCH3 is 2. The summed E-state index contributed by atoms with van der Waals surface area (Å²) in [6.07, 6.45) is 1.47. The second kappa shape index (κ2) is 7.11. The predicted molar refractivity (Wildman–Crippen MR) is 104 cm³/mol. The van der Waals surface area contributed by atoms with Crippen molar-refractivity contribution in [1.82, 2.24) is 4.90 Å². The summed E-state index contributed by atoms with van der Waals surface area (Å²) in [5, 5.41) is 2.78. The summed E-state index contributed by atoms with van der Waals surface area (Å²) in [4.78, 5) is 39.6. The van der Waals surface area contributed by atoms with Crippen LogP contribution in [0.25, 0.3) is 0 Å². The number of ether oxygens (including phenoxy) is 2. The molecule has 1 aliphatic heterocycles. The zero-order valence-corrected chi connectivity index (χ0v) is 17.1. The molecule has 2 aliphatic rings. The number of rotatable bonds is 6. The highest BCUT2D eigenvalue weighted by Crippen LogP contribution is 2.60. The van der Waals surface area contributed by atoms with Crippen LogP contribution >= 0.6 is 0 Å². The molecular formula is C21H28N2O5. The van der Waals surface area contributed by atoms with Gasteiger partial charge in [-0.1, -0.05) is 20.8 Å². The minimum atomic E-state index is -0.554. The van der Waals surface area contributed by atoms with Gasteiger partial charge >= 0.3 is 0 Å². The Hall–Kier alpha value is -2.57. The lowest BCUT2D eigenvalue weighted by Gasteiger charge is -2.47. The quantitative estimate of drug-likeness (QED) is 0.758. The van der Waals surface area contributed by atoms with Gasteiger partial charge in [-0.2, -0.15) is 0 Å². The van der Waals surface area contributed by atoms with Crippen LogP contribution in [0.1, 0.15) is 40.0 Å². The van der Waals surface area contributed by atoms with Crippen molar-refractivity contribution >= 4 is 23.4 Å². The average Bonchev–Trinajstić information content (AvgIpc) is 2.85. The Morgan fingerprint density at radius 3 is 2.57 bits per heavy atom. The second-order valence-electron chi connectivity index (χ2n) is 8.30. The van der Waals surface area contributed by atoms with Crippen molar-refractivity contribution < 1.29 is 23.9 Å². The summed E-state index contributed by atoms with van der Waals surface area (Å²) < 4.78 is 10.4. The molecule has 1 aromatic carbocycles. The molecule has 2 atom stereocenters. The number of hydrogen-bond donors (Lipinski definition) is 1. The molecule has 2 bridgehead atoms. The smallest absolute Gasteiger partial charge is 0.235 e. The lowest BCUT2D eigenvalue weighted by Crippen LogP contribution is -2.59. The molecule has 1 aliphatic carbocycles. The van der Waals surface area contributed by atoms with E-state index in [0.29, 0.717) is 23.6 Å². The summed E-state index contributed by atoms with van der Waals surface area (Å²) in [5.41, 5.74) is -0.393. The van der Waals surface area contributed by atoms with E-state index in [4.69, 9.17) is 9.47 Å². The Morgan fingerprint density at radius 2 is 1.93 bits per heavy atom. The van der Waals surface area contributed by atoms with Crippen molar-refractivity contribution in [3.63, 3.8) is 0 Å². The molecule has 1 saturated carbocycles. The molecule has 1 N–H and O–H groups in total. The van der Waals surface area contributed by atoms with Crippen molar-refractivity contribution in [1.29, 1.82) is 0 Å². The fourth-order valence-corrected chi connectivity index (χ4v) is 4.44. The van der Waals surface area contributed by atoms with Crippen LogP contribution in [-0.4, -0.2) is 43.4 Å². The van der Waals surface area contributed by atoms with E-state index < -0.39 is 5.41 Å². The minimum absolute atomic E-state index is 0.0376. The van der Waals surface area contributed by atoms with Crippen LogP contribution in [0.4, 0.5) is 5.69 Å². The molecule has 3 amide bonds. The van der Waals surface area contributed by atoms with E-state index >= 15 is 0 Å². The van der Waals surface area contributed by atoms with E-state index in [-0.39, 0.29) is 42.0 Å². The van der Waals surface area contributed by atoms with Gasteiger partial charge in [0.25, 0.3) is 0 Å². The zero-order chi connectivity index (χ0) is 20.7. The van der Waals surface area contributed by atoms with Crippen LogP contribution in [-0.2, 0) is 14.4 Å². The van der Waals surface area contributed by atoms with Gasteiger partial charge in [0.1, 0.15) is 11.5 Å². The largest absolute Gasteiger partial charge is 0.497 e. The van der Waals surface area contributed by atoms with Crippen molar-refractivity contribution in [2.75, 3.05) is 26.1 Å². The Bertz CT molecular complexity index is 819. The number of carbonyl (C=O) groups is 3. The van der Waals surface area contributed by atoms with Gasteiger partial charge in [-0.05, 0) is 30.4 Å². The molecular weight excluding hydrogens is 360 g/mol. The van der Waals surface area contributed by atoms with Gasteiger partial charge in [0, 0.05) is 24.9 Å². The average molecular weight is 388 g/mol. The van der Waals surface area contributed by atoms with Crippen LogP contribution in [0.3, 0.4) is 0 Å². The Kier molecular flexibility index (Phi) is 5.12. The third-order valence-corrected chi connectivity index (χ3v) is 6.75. The maximum atomic E-state index is 13.0. The predicted octanol–water partition coefficient (Wildman–Crippen LogP) is 2.84. The number of anilines is 1. The number of piperidine rings is 1. The molecule has 2 unspecified atom stereocenters. The minimum Gasteiger partial charge on any atom is -0.497 e. The topological polar surface area (TPSA) is 84.9 Å². The number of fused-ring (bicyclic) bond motifs is 2. The van der Waals surface area contributed by atoms with Gasteiger partial charge in [-0.25, -0.2) is 0 Å². The highest BCUT2D eigenvalue weighted by Gasteiger charge is 2.64. The summed E-state index contributed by atoms with van der Waals surface area (Å²) in [7, 11) is 3.06. The summed E-state index contributed by atoms with van der Waals surface area (Å²) in [6, 6.07) is 5.08. The summed E-state index contributed by atoms with van der Waals surface area (Å²) >= 11 is 0. The maximum absolute atomic E-state index is 13.0. The first-order valence-corrected chi connectivity index (χ1v) is 9.53. The number of imide groups is 1. The van der Waals surface area contributed by atoms with E-state index in [1.165, 1.54) is 12.0 Å². The number of benzene rings is 1. The Balaban J connectivity index is 1.67. The molecule has 28 heavy (non-hydrogen) atoms. The maximum Gasteiger partial charge on any atom is 0.235 e. The van der Waals surface area contributed by atoms with E-state index in [1.807, 2.05) is 20.8 Å². The molecule has 1 saturated heterocycles. The van der Waals surface area contributed by atoms with Crippen molar-refractivity contribution in [2.24, 2.45) is 16.7 Å². The van der Waals surface area contributed by atoms with E-state index in [0.717, 1.165) is 6.42 Å². The first-order chi connectivity index (χ1) is 13.2. The molecule has 2 fully saturated rings. The number of hydrogen-bond acceptors (Lipinski definition) is 5. The summed E-state index contributed by atoms with van der Waals surface area (Å²) in [5.74, 6) is 0.327. The lowest BCUT2D eigenvalue weighted by atomic mass is 9.62. The van der Waals surface area contributed by atoms with Crippen molar-refractivity contribution in [3.8, 4) is 11.5 Å². The second-order valence-corrected chi connectivity index (χ2v) is 8.30.